The van der Waals surface area contributed by atoms with Gasteiger partial charge in [0.05, 0.1) is 18.3 Å². The first-order chi connectivity index (χ1) is 13.7. The molecule has 28 heavy (non-hydrogen) atoms. The van der Waals surface area contributed by atoms with E-state index in [1.165, 1.54) is 32.1 Å². The van der Waals surface area contributed by atoms with Gasteiger partial charge < -0.3 is 10.2 Å². The highest BCUT2D eigenvalue weighted by Crippen LogP contribution is 2.32. The highest BCUT2D eigenvalue weighted by atomic mass is 32.1. The number of nitrogens with one attached hydrogen (secondary N) is 1. The van der Waals surface area contributed by atoms with Crippen LogP contribution >= 0.6 is 11.3 Å². The molecule has 0 unspecified atom stereocenters. The Labute approximate surface area is 169 Å². The Hall–Kier alpha value is -1.89. The standard InChI is InChI=1S/C21H30N4O2S/c1-2-3-10-22-21(27)24-11-9-16-17(13-24)28-19-18(16)20(26)25(14-23-19)12-15-7-5-4-6-8-15/h14-15H,2-13H2,1H3,(H,22,27). The molecule has 7 heteroatoms. The monoisotopic (exact) mass is 402 g/mol. The lowest BCUT2D eigenvalue weighted by molar-refractivity contribution is 0.193. The normalized spacial score (nSPS) is 17.7. The van der Waals surface area contributed by atoms with Gasteiger partial charge in [-0.2, -0.15) is 0 Å². The van der Waals surface area contributed by atoms with Crippen molar-refractivity contribution in [3.8, 4) is 0 Å². The summed E-state index contributed by atoms with van der Waals surface area (Å²) in [6.07, 6.45) is 10.8. The van der Waals surface area contributed by atoms with Crippen LogP contribution in [-0.4, -0.2) is 33.6 Å². The molecule has 1 saturated carbocycles. The molecule has 1 aliphatic heterocycles. The van der Waals surface area contributed by atoms with Crippen LogP contribution in [0.2, 0.25) is 0 Å². The summed E-state index contributed by atoms with van der Waals surface area (Å²) >= 11 is 1.57. The van der Waals surface area contributed by atoms with E-state index >= 15 is 0 Å². The Bertz CT molecular complexity index is 898. The van der Waals surface area contributed by atoms with Crippen LogP contribution in [0.15, 0.2) is 11.1 Å². The molecule has 0 aromatic carbocycles. The highest BCUT2D eigenvalue weighted by molar-refractivity contribution is 7.18. The number of carbonyl (C=O) groups excluding carboxylic acids is 1. The van der Waals surface area contributed by atoms with Gasteiger partial charge in [0.25, 0.3) is 5.56 Å². The molecule has 152 valence electrons. The van der Waals surface area contributed by atoms with Gasteiger partial charge in [-0.05, 0) is 37.2 Å². The van der Waals surface area contributed by atoms with Crippen LogP contribution in [0, 0.1) is 5.92 Å². The number of rotatable bonds is 5. The second kappa shape index (κ2) is 8.64. The number of urea groups is 1. The first-order valence-corrected chi connectivity index (χ1v) is 11.5. The van der Waals surface area contributed by atoms with Gasteiger partial charge in [0, 0.05) is 24.5 Å². The summed E-state index contributed by atoms with van der Waals surface area (Å²) in [6.45, 7) is 4.87. The molecule has 0 radical (unpaired) electrons. The lowest BCUT2D eigenvalue weighted by atomic mass is 9.89. The summed E-state index contributed by atoms with van der Waals surface area (Å²) in [5, 5.41) is 3.79. The van der Waals surface area contributed by atoms with E-state index in [0.29, 0.717) is 19.0 Å². The average Bonchev–Trinajstić information content (AvgIpc) is 3.09. The van der Waals surface area contributed by atoms with Gasteiger partial charge in [0.15, 0.2) is 0 Å². The number of hydrogen-bond donors (Lipinski definition) is 1. The molecule has 0 atom stereocenters. The Morgan fingerprint density at radius 2 is 2.14 bits per heavy atom. The smallest absolute Gasteiger partial charge is 0.317 e. The first kappa shape index (κ1) is 19.4. The molecule has 1 N–H and O–H groups in total. The van der Waals surface area contributed by atoms with Crippen LogP contribution in [0.1, 0.15) is 62.3 Å². The van der Waals surface area contributed by atoms with Crippen molar-refractivity contribution < 1.29 is 4.79 Å². The lowest BCUT2D eigenvalue weighted by Crippen LogP contribution is -2.42. The van der Waals surface area contributed by atoms with E-state index in [1.807, 2.05) is 9.47 Å². The number of hydrogen-bond acceptors (Lipinski definition) is 4. The summed E-state index contributed by atoms with van der Waals surface area (Å²) < 4.78 is 1.83. The second-order valence-corrected chi connectivity index (χ2v) is 9.23. The molecule has 1 aliphatic carbocycles. The van der Waals surface area contributed by atoms with Gasteiger partial charge in [-0.15, -0.1) is 11.3 Å². The van der Waals surface area contributed by atoms with Crippen molar-refractivity contribution in [3.63, 3.8) is 0 Å². The van der Waals surface area contributed by atoms with Crippen molar-refractivity contribution in [2.75, 3.05) is 13.1 Å². The van der Waals surface area contributed by atoms with Crippen molar-refractivity contribution in [1.82, 2.24) is 19.8 Å². The predicted octanol–water partition coefficient (Wildman–Crippen LogP) is 3.91. The molecule has 4 rings (SSSR count). The van der Waals surface area contributed by atoms with E-state index in [9.17, 15) is 9.59 Å². The molecular weight excluding hydrogens is 372 g/mol. The quantitative estimate of drug-likeness (QED) is 0.771. The van der Waals surface area contributed by atoms with Gasteiger partial charge in [0.2, 0.25) is 0 Å². The van der Waals surface area contributed by atoms with Crippen LogP contribution in [0.5, 0.6) is 0 Å². The maximum Gasteiger partial charge on any atom is 0.317 e. The third-order valence-electron chi connectivity index (χ3n) is 6.10. The Balaban J connectivity index is 1.53. The number of thiophene rings is 1. The topological polar surface area (TPSA) is 67.2 Å². The Kier molecular flexibility index (Phi) is 5.99. The van der Waals surface area contributed by atoms with E-state index < -0.39 is 0 Å². The van der Waals surface area contributed by atoms with E-state index in [1.54, 1.807) is 17.7 Å². The molecule has 2 aromatic heterocycles. The SMILES string of the molecule is CCCCNC(=O)N1CCc2c(sc3ncn(CC4CCCCC4)c(=O)c23)C1. The summed E-state index contributed by atoms with van der Waals surface area (Å²) in [5.41, 5.74) is 1.22. The molecule has 0 spiro atoms. The fourth-order valence-electron chi connectivity index (χ4n) is 4.45. The molecule has 2 amide bonds. The zero-order valence-electron chi connectivity index (χ0n) is 16.7. The van der Waals surface area contributed by atoms with Gasteiger partial charge >= 0.3 is 6.03 Å². The summed E-state index contributed by atoms with van der Waals surface area (Å²) in [6, 6.07) is -0.000718. The maximum atomic E-state index is 13.2. The Morgan fingerprint density at radius 1 is 1.32 bits per heavy atom. The average molecular weight is 403 g/mol. The molecule has 1 fully saturated rings. The van der Waals surface area contributed by atoms with Crippen LogP contribution in [-0.2, 0) is 19.5 Å². The van der Waals surface area contributed by atoms with Crippen molar-refractivity contribution >= 4 is 27.6 Å². The minimum atomic E-state index is -0.000718. The number of carbonyl (C=O) groups is 1. The predicted molar refractivity (Wildman–Crippen MR) is 113 cm³/mol. The molecule has 2 aliphatic rings. The fourth-order valence-corrected chi connectivity index (χ4v) is 5.65. The third kappa shape index (κ3) is 3.95. The molecule has 2 aromatic rings. The van der Waals surface area contributed by atoms with Gasteiger partial charge in [-0.1, -0.05) is 32.6 Å². The number of nitrogens with zero attached hydrogens (tertiary/aromatic N) is 3. The number of amides is 2. The first-order valence-electron chi connectivity index (χ1n) is 10.7. The summed E-state index contributed by atoms with van der Waals surface area (Å²) in [7, 11) is 0. The van der Waals surface area contributed by atoms with Crippen molar-refractivity contribution in [2.45, 2.75) is 71.4 Å². The molecular formula is C21H30N4O2S. The van der Waals surface area contributed by atoms with Gasteiger partial charge in [-0.3, -0.25) is 9.36 Å². The number of unbranched alkanes of at least 4 members (excludes halogenated alkanes) is 1. The molecule has 3 heterocycles. The number of aromatic nitrogens is 2. The summed E-state index contributed by atoms with van der Waals surface area (Å²) in [4.78, 5) is 33.9. The van der Waals surface area contributed by atoms with Crippen molar-refractivity contribution in [2.24, 2.45) is 5.92 Å². The zero-order valence-corrected chi connectivity index (χ0v) is 17.5. The van der Waals surface area contributed by atoms with Crippen LogP contribution in [0.3, 0.4) is 0 Å². The van der Waals surface area contributed by atoms with E-state index in [4.69, 9.17) is 0 Å². The summed E-state index contributed by atoms with van der Waals surface area (Å²) in [5.74, 6) is 0.600. The van der Waals surface area contributed by atoms with Crippen LogP contribution in [0.25, 0.3) is 10.2 Å². The minimum Gasteiger partial charge on any atom is -0.338 e. The second-order valence-electron chi connectivity index (χ2n) is 8.15. The van der Waals surface area contributed by atoms with E-state index in [-0.39, 0.29) is 11.6 Å². The maximum absolute atomic E-state index is 13.2. The Morgan fingerprint density at radius 3 is 2.93 bits per heavy atom. The lowest BCUT2D eigenvalue weighted by Gasteiger charge is -2.27. The van der Waals surface area contributed by atoms with Gasteiger partial charge in [-0.25, -0.2) is 9.78 Å². The third-order valence-corrected chi connectivity index (χ3v) is 7.23. The largest absolute Gasteiger partial charge is 0.338 e. The molecule has 0 saturated heterocycles. The number of fused-ring (bicyclic) bond motifs is 3. The minimum absolute atomic E-state index is 0.000718. The molecule has 6 nitrogen and oxygen atoms in total. The fraction of sp³-hybridized carbons (Fsp3) is 0.667. The van der Waals surface area contributed by atoms with Crippen molar-refractivity contribution in [1.29, 1.82) is 0 Å². The zero-order chi connectivity index (χ0) is 19.5. The van der Waals surface area contributed by atoms with Crippen molar-refractivity contribution in [3.05, 3.63) is 27.1 Å². The van der Waals surface area contributed by atoms with Crippen LogP contribution in [0.4, 0.5) is 4.79 Å². The van der Waals surface area contributed by atoms with Gasteiger partial charge in [0.1, 0.15) is 4.83 Å². The van der Waals surface area contributed by atoms with Crippen LogP contribution < -0.4 is 10.9 Å². The highest BCUT2D eigenvalue weighted by Gasteiger charge is 2.26. The molecule has 0 bridgehead atoms. The van der Waals surface area contributed by atoms with E-state index in [2.05, 4.69) is 17.2 Å². The van der Waals surface area contributed by atoms with E-state index in [0.717, 1.165) is 53.0 Å².